The Balaban J connectivity index is 2.90. The van der Waals surface area contributed by atoms with Crippen LogP contribution in [0.5, 0.6) is 0 Å². The minimum Gasteiger partial charge on any atom is -0.369 e. The fourth-order valence-electron chi connectivity index (χ4n) is 1.09. The van der Waals surface area contributed by atoms with Crippen LogP contribution in [0.1, 0.15) is 17.5 Å². The lowest BCUT2D eigenvalue weighted by atomic mass is 10.1. The van der Waals surface area contributed by atoms with Gasteiger partial charge in [0.2, 0.25) is 5.91 Å². The van der Waals surface area contributed by atoms with Crippen molar-refractivity contribution >= 4 is 23.6 Å². The summed E-state index contributed by atoms with van der Waals surface area (Å²) in [6.45, 7) is 1.72. The molecule has 0 radical (unpaired) electrons. The van der Waals surface area contributed by atoms with E-state index in [2.05, 4.69) is 0 Å². The summed E-state index contributed by atoms with van der Waals surface area (Å²) in [5.74, 6) is -0.817. The van der Waals surface area contributed by atoms with Gasteiger partial charge in [0.15, 0.2) is 0 Å². The number of hydrogen-bond acceptors (Lipinski definition) is 1. The number of aryl methyl sites for hydroxylation is 1. The fraction of sp³-hybridized carbons (Fsp3) is 0.182. The number of nitrogens with two attached hydrogens (primary N) is 1. The van der Waals surface area contributed by atoms with Gasteiger partial charge in [0.25, 0.3) is 0 Å². The number of rotatable bonds is 3. The first kappa shape index (κ1) is 11.7. The number of amides is 1. The monoisotopic (exact) mass is 227 g/mol. The number of benzene rings is 1. The van der Waals surface area contributed by atoms with E-state index < -0.39 is 5.91 Å². The summed E-state index contributed by atoms with van der Waals surface area (Å²) in [6.07, 6.45) is 3.09. The standard InChI is InChI=1S/C11H11ClFNO/c1-7-5-10(13)8(6-9(7)12)3-2-4-11(14)15/h2-3,5-6H,4H2,1H3,(H2,14,15). The molecule has 0 aliphatic carbocycles. The van der Waals surface area contributed by atoms with Crippen LogP contribution in [-0.2, 0) is 4.79 Å². The molecule has 1 aromatic rings. The van der Waals surface area contributed by atoms with Gasteiger partial charge in [0.1, 0.15) is 5.82 Å². The third-order valence-electron chi connectivity index (χ3n) is 1.89. The second-order valence-electron chi connectivity index (χ2n) is 3.20. The van der Waals surface area contributed by atoms with E-state index in [0.717, 1.165) is 0 Å². The summed E-state index contributed by atoms with van der Waals surface area (Å²) in [4.78, 5) is 10.4. The molecule has 2 N–H and O–H groups in total. The molecule has 4 heteroatoms. The lowest BCUT2D eigenvalue weighted by molar-refractivity contribution is -0.117. The molecule has 0 unspecified atom stereocenters. The molecule has 1 rings (SSSR count). The molecular formula is C11H11ClFNO. The molecule has 0 saturated carbocycles. The van der Waals surface area contributed by atoms with Crippen LogP contribution in [0, 0.1) is 12.7 Å². The van der Waals surface area contributed by atoms with E-state index >= 15 is 0 Å². The topological polar surface area (TPSA) is 43.1 Å². The highest BCUT2D eigenvalue weighted by atomic mass is 35.5. The number of carbonyl (C=O) groups is 1. The summed E-state index contributed by atoms with van der Waals surface area (Å²) in [7, 11) is 0. The summed E-state index contributed by atoms with van der Waals surface area (Å²) in [5, 5.41) is 0.495. The number of primary amides is 1. The first-order valence-corrected chi connectivity index (χ1v) is 4.79. The van der Waals surface area contributed by atoms with Crippen LogP contribution in [0.3, 0.4) is 0 Å². The Bertz CT molecular complexity index is 415. The molecule has 0 atom stereocenters. The van der Waals surface area contributed by atoms with Crippen molar-refractivity contribution < 1.29 is 9.18 Å². The molecule has 0 aromatic heterocycles. The fourth-order valence-corrected chi connectivity index (χ4v) is 1.26. The molecule has 1 amide bonds. The largest absolute Gasteiger partial charge is 0.369 e. The minimum atomic E-state index is -0.454. The van der Waals surface area contributed by atoms with Crippen LogP contribution in [0.15, 0.2) is 18.2 Å². The third-order valence-corrected chi connectivity index (χ3v) is 2.30. The van der Waals surface area contributed by atoms with Crippen molar-refractivity contribution in [2.45, 2.75) is 13.3 Å². The van der Waals surface area contributed by atoms with Gasteiger partial charge in [0, 0.05) is 17.0 Å². The van der Waals surface area contributed by atoms with E-state index in [-0.39, 0.29) is 12.2 Å². The van der Waals surface area contributed by atoms with Crippen molar-refractivity contribution in [1.29, 1.82) is 0 Å². The van der Waals surface area contributed by atoms with Crippen molar-refractivity contribution in [2.75, 3.05) is 0 Å². The molecule has 1 aromatic carbocycles. The van der Waals surface area contributed by atoms with Crippen molar-refractivity contribution in [3.8, 4) is 0 Å². The van der Waals surface area contributed by atoms with Crippen molar-refractivity contribution in [1.82, 2.24) is 0 Å². The highest BCUT2D eigenvalue weighted by molar-refractivity contribution is 6.31. The molecule has 0 heterocycles. The molecule has 0 spiro atoms. The Labute approximate surface area is 92.5 Å². The summed E-state index contributed by atoms with van der Waals surface area (Å²) >= 11 is 5.84. The van der Waals surface area contributed by atoms with Gasteiger partial charge in [-0.25, -0.2) is 4.39 Å². The van der Waals surface area contributed by atoms with Crippen LogP contribution < -0.4 is 5.73 Å². The van der Waals surface area contributed by atoms with Gasteiger partial charge in [-0.05, 0) is 24.6 Å². The summed E-state index contributed by atoms with van der Waals surface area (Å²) < 4.78 is 13.3. The van der Waals surface area contributed by atoms with Crippen LogP contribution >= 0.6 is 11.6 Å². The van der Waals surface area contributed by atoms with Crippen LogP contribution in [-0.4, -0.2) is 5.91 Å². The SMILES string of the molecule is Cc1cc(F)c(C=CCC(N)=O)cc1Cl. The maximum atomic E-state index is 13.3. The molecule has 0 saturated heterocycles. The van der Waals surface area contributed by atoms with Gasteiger partial charge >= 0.3 is 0 Å². The van der Waals surface area contributed by atoms with Crippen molar-refractivity contribution in [3.63, 3.8) is 0 Å². The average Bonchev–Trinajstić information content (AvgIpc) is 2.13. The molecule has 2 nitrogen and oxygen atoms in total. The second-order valence-corrected chi connectivity index (χ2v) is 3.60. The number of halogens is 2. The zero-order valence-corrected chi connectivity index (χ0v) is 9.01. The molecule has 0 fully saturated rings. The van der Waals surface area contributed by atoms with E-state index in [0.29, 0.717) is 16.1 Å². The van der Waals surface area contributed by atoms with Gasteiger partial charge in [-0.2, -0.15) is 0 Å². The summed E-state index contributed by atoms with van der Waals surface area (Å²) in [5.41, 5.74) is 5.97. The summed E-state index contributed by atoms with van der Waals surface area (Å²) in [6, 6.07) is 2.87. The Morgan fingerprint density at radius 2 is 2.27 bits per heavy atom. The van der Waals surface area contributed by atoms with E-state index in [1.807, 2.05) is 0 Å². The first-order chi connectivity index (χ1) is 7.00. The Kier molecular flexibility index (Phi) is 3.86. The molecular weight excluding hydrogens is 217 g/mol. The van der Waals surface area contributed by atoms with Crippen LogP contribution in [0.2, 0.25) is 5.02 Å². The second kappa shape index (κ2) is 4.94. The zero-order chi connectivity index (χ0) is 11.4. The zero-order valence-electron chi connectivity index (χ0n) is 8.26. The molecule has 0 bridgehead atoms. The normalized spacial score (nSPS) is 10.9. The van der Waals surface area contributed by atoms with Crippen LogP contribution in [0.4, 0.5) is 4.39 Å². The van der Waals surface area contributed by atoms with Gasteiger partial charge < -0.3 is 5.73 Å². The first-order valence-electron chi connectivity index (χ1n) is 4.41. The predicted octanol–water partition coefficient (Wildman–Crippen LogP) is 2.68. The molecule has 0 aliphatic heterocycles. The Hall–Kier alpha value is -1.35. The van der Waals surface area contributed by atoms with Crippen LogP contribution in [0.25, 0.3) is 6.08 Å². The highest BCUT2D eigenvalue weighted by Gasteiger charge is 2.03. The number of carbonyl (C=O) groups excluding carboxylic acids is 1. The Morgan fingerprint density at radius 1 is 1.60 bits per heavy atom. The van der Waals surface area contributed by atoms with E-state index in [1.54, 1.807) is 6.92 Å². The quantitative estimate of drug-likeness (QED) is 0.848. The van der Waals surface area contributed by atoms with E-state index in [9.17, 15) is 9.18 Å². The maximum absolute atomic E-state index is 13.3. The predicted molar refractivity (Wildman–Crippen MR) is 59.0 cm³/mol. The highest BCUT2D eigenvalue weighted by Crippen LogP contribution is 2.20. The molecule has 0 aliphatic rings. The average molecular weight is 228 g/mol. The van der Waals surface area contributed by atoms with Crippen molar-refractivity contribution in [3.05, 3.63) is 40.2 Å². The van der Waals surface area contributed by atoms with Gasteiger partial charge in [-0.1, -0.05) is 23.8 Å². The van der Waals surface area contributed by atoms with E-state index in [4.69, 9.17) is 17.3 Å². The maximum Gasteiger partial charge on any atom is 0.221 e. The minimum absolute atomic E-state index is 0.0882. The number of hydrogen-bond donors (Lipinski definition) is 1. The van der Waals surface area contributed by atoms with Gasteiger partial charge in [-0.15, -0.1) is 0 Å². The lowest BCUT2D eigenvalue weighted by Crippen LogP contribution is -2.07. The molecule has 15 heavy (non-hydrogen) atoms. The van der Waals surface area contributed by atoms with Gasteiger partial charge in [-0.3, -0.25) is 4.79 Å². The van der Waals surface area contributed by atoms with E-state index in [1.165, 1.54) is 24.3 Å². The lowest BCUT2D eigenvalue weighted by Gasteiger charge is -2.01. The van der Waals surface area contributed by atoms with Crippen molar-refractivity contribution in [2.24, 2.45) is 5.73 Å². The smallest absolute Gasteiger partial charge is 0.221 e. The molecule has 80 valence electrons. The van der Waals surface area contributed by atoms with Gasteiger partial charge in [0.05, 0.1) is 0 Å². The third kappa shape index (κ3) is 3.36. The Morgan fingerprint density at radius 3 is 2.87 bits per heavy atom.